The van der Waals surface area contributed by atoms with Crippen molar-refractivity contribution < 1.29 is 14.3 Å². The molecular weight excluding hydrogens is 346 g/mol. The topological polar surface area (TPSA) is 99.4 Å². The van der Waals surface area contributed by atoms with Crippen LogP contribution in [0.5, 0.6) is 0 Å². The van der Waals surface area contributed by atoms with Crippen molar-refractivity contribution in [2.75, 3.05) is 26.2 Å². The van der Waals surface area contributed by atoms with Gasteiger partial charge in [0, 0.05) is 38.9 Å². The minimum absolute atomic E-state index is 0.0788. The number of likely N-dealkylation sites (tertiary alicyclic amines) is 1. The number of rotatable bonds is 3. The smallest absolute Gasteiger partial charge is 0.407 e. The van der Waals surface area contributed by atoms with Crippen LogP contribution < -0.4 is 10.6 Å². The maximum absolute atomic E-state index is 12.4. The zero-order valence-corrected chi connectivity index (χ0v) is 15.7. The Bertz CT molecular complexity index is 844. The zero-order valence-electron chi connectivity index (χ0n) is 15.7. The fraction of sp³-hybridized carbons (Fsp3) is 0.526. The van der Waals surface area contributed by atoms with Crippen molar-refractivity contribution >= 4 is 23.2 Å². The zero-order chi connectivity index (χ0) is 19.0. The summed E-state index contributed by atoms with van der Waals surface area (Å²) in [6.45, 7) is 6.39. The van der Waals surface area contributed by atoms with Gasteiger partial charge in [-0.1, -0.05) is 0 Å². The molecule has 0 unspecified atom stereocenters. The van der Waals surface area contributed by atoms with Crippen LogP contribution >= 0.6 is 0 Å². The molecule has 2 aliphatic heterocycles. The Labute approximate surface area is 157 Å². The first-order valence-corrected chi connectivity index (χ1v) is 9.40. The molecule has 144 valence electrons. The molecule has 8 heteroatoms. The maximum atomic E-state index is 12.4. The molecule has 2 aromatic rings. The molecule has 2 aliphatic rings. The maximum Gasteiger partial charge on any atom is 0.407 e. The summed E-state index contributed by atoms with van der Waals surface area (Å²) < 4.78 is 5.38. The average Bonchev–Trinajstić information content (AvgIpc) is 3.19. The van der Waals surface area contributed by atoms with E-state index in [1.165, 1.54) is 11.1 Å². The van der Waals surface area contributed by atoms with Crippen LogP contribution in [0, 0.1) is 13.8 Å². The van der Waals surface area contributed by atoms with Gasteiger partial charge >= 0.3 is 12.1 Å². The fourth-order valence-electron chi connectivity index (χ4n) is 3.74. The standard InChI is InChI=1S/C19H25N5O3/c1-12-9-14-15(10-13(12)2)23-16(22-14)3-6-20-17(25)24-7-4-19(5-8-24)11-21-18(26)27-19/h9-10H,3-8,11H2,1-2H3,(H,20,25)(H,21,26)(H,22,23). The number of aromatic nitrogens is 2. The molecule has 0 radical (unpaired) electrons. The highest BCUT2D eigenvalue weighted by atomic mass is 16.6. The lowest BCUT2D eigenvalue weighted by molar-refractivity contribution is 0.00981. The number of ether oxygens (including phenoxy) is 1. The molecule has 0 saturated carbocycles. The van der Waals surface area contributed by atoms with Crippen LogP contribution in [0.25, 0.3) is 11.0 Å². The summed E-state index contributed by atoms with van der Waals surface area (Å²) in [5.74, 6) is 0.872. The number of nitrogens with zero attached hydrogens (tertiary/aromatic N) is 2. The number of fused-ring (bicyclic) bond motifs is 1. The van der Waals surface area contributed by atoms with Gasteiger partial charge in [0.15, 0.2) is 0 Å². The van der Waals surface area contributed by atoms with Crippen LogP contribution in [0.15, 0.2) is 12.1 Å². The molecule has 3 N–H and O–H groups in total. The van der Waals surface area contributed by atoms with Crippen molar-refractivity contribution in [3.05, 3.63) is 29.1 Å². The van der Waals surface area contributed by atoms with Crippen molar-refractivity contribution in [3.63, 3.8) is 0 Å². The van der Waals surface area contributed by atoms with Crippen molar-refractivity contribution in [1.29, 1.82) is 0 Å². The number of hydrogen-bond donors (Lipinski definition) is 3. The van der Waals surface area contributed by atoms with Crippen LogP contribution in [-0.2, 0) is 11.2 Å². The van der Waals surface area contributed by atoms with Crippen molar-refractivity contribution in [3.8, 4) is 0 Å². The monoisotopic (exact) mass is 371 g/mol. The number of urea groups is 1. The molecule has 3 amide bonds. The highest BCUT2D eigenvalue weighted by molar-refractivity contribution is 5.77. The number of aromatic amines is 1. The van der Waals surface area contributed by atoms with Crippen molar-refractivity contribution in [2.45, 2.75) is 38.7 Å². The van der Waals surface area contributed by atoms with Gasteiger partial charge in [0.1, 0.15) is 11.4 Å². The average molecular weight is 371 g/mol. The number of hydrogen-bond acceptors (Lipinski definition) is 4. The minimum atomic E-state index is -0.432. The second kappa shape index (κ2) is 6.75. The van der Waals surface area contributed by atoms with Gasteiger partial charge in [0.05, 0.1) is 17.6 Å². The van der Waals surface area contributed by atoms with Crippen LogP contribution in [0.1, 0.15) is 29.8 Å². The number of carbonyl (C=O) groups excluding carboxylic acids is 2. The van der Waals surface area contributed by atoms with Crippen molar-refractivity contribution in [1.82, 2.24) is 25.5 Å². The number of amides is 3. The Kier molecular flexibility index (Phi) is 4.41. The second-order valence-corrected chi connectivity index (χ2v) is 7.53. The molecule has 1 aromatic carbocycles. The van der Waals surface area contributed by atoms with Gasteiger partial charge in [-0.25, -0.2) is 14.6 Å². The van der Waals surface area contributed by atoms with E-state index in [0.29, 0.717) is 45.4 Å². The highest BCUT2D eigenvalue weighted by Gasteiger charge is 2.43. The van der Waals surface area contributed by atoms with E-state index >= 15 is 0 Å². The normalized spacial score (nSPS) is 18.6. The summed E-state index contributed by atoms with van der Waals surface area (Å²) in [6, 6.07) is 4.11. The Morgan fingerprint density at radius 3 is 2.74 bits per heavy atom. The summed E-state index contributed by atoms with van der Waals surface area (Å²) in [4.78, 5) is 33.4. The second-order valence-electron chi connectivity index (χ2n) is 7.53. The lowest BCUT2D eigenvalue weighted by Crippen LogP contribution is -2.51. The molecule has 1 spiro atoms. The molecule has 3 heterocycles. The molecular formula is C19H25N5O3. The SMILES string of the molecule is Cc1cc2nc(CCNC(=O)N3CCC4(CC3)CNC(=O)O4)[nH]c2cc1C. The van der Waals surface area contributed by atoms with E-state index in [1.807, 2.05) is 0 Å². The molecule has 2 saturated heterocycles. The van der Waals surface area contributed by atoms with Crippen LogP contribution in [0.3, 0.4) is 0 Å². The van der Waals surface area contributed by atoms with Gasteiger partial charge in [0.25, 0.3) is 0 Å². The van der Waals surface area contributed by atoms with Crippen LogP contribution in [-0.4, -0.2) is 58.8 Å². The predicted molar refractivity (Wildman–Crippen MR) is 101 cm³/mol. The van der Waals surface area contributed by atoms with E-state index < -0.39 is 5.60 Å². The molecule has 4 rings (SSSR count). The summed E-state index contributed by atoms with van der Waals surface area (Å²) >= 11 is 0. The van der Waals surface area contributed by atoms with E-state index in [-0.39, 0.29) is 12.1 Å². The van der Waals surface area contributed by atoms with E-state index in [0.717, 1.165) is 16.9 Å². The van der Waals surface area contributed by atoms with E-state index in [9.17, 15) is 9.59 Å². The molecule has 8 nitrogen and oxygen atoms in total. The van der Waals surface area contributed by atoms with Gasteiger partial charge in [-0.15, -0.1) is 0 Å². The number of H-pyrrole nitrogens is 1. The Balaban J connectivity index is 1.27. The number of piperidine rings is 1. The van der Waals surface area contributed by atoms with Gasteiger partial charge < -0.3 is 25.3 Å². The van der Waals surface area contributed by atoms with Gasteiger partial charge in [-0.3, -0.25) is 0 Å². The molecule has 0 bridgehead atoms. The van der Waals surface area contributed by atoms with E-state index in [4.69, 9.17) is 4.74 Å². The summed E-state index contributed by atoms with van der Waals surface area (Å²) in [5, 5.41) is 5.66. The van der Waals surface area contributed by atoms with Crippen molar-refractivity contribution in [2.24, 2.45) is 0 Å². The number of benzene rings is 1. The first kappa shape index (κ1) is 17.6. The molecule has 1 aromatic heterocycles. The van der Waals surface area contributed by atoms with E-state index in [2.05, 4.69) is 46.6 Å². The Morgan fingerprint density at radius 1 is 1.30 bits per heavy atom. The van der Waals surface area contributed by atoms with E-state index in [1.54, 1.807) is 4.90 Å². The van der Waals surface area contributed by atoms with Crippen LogP contribution in [0.4, 0.5) is 9.59 Å². The van der Waals surface area contributed by atoms with Gasteiger partial charge in [-0.05, 0) is 37.1 Å². The third-order valence-electron chi connectivity index (χ3n) is 5.61. The molecule has 2 fully saturated rings. The largest absolute Gasteiger partial charge is 0.441 e. The summed E-state index contributed by atoms with van der Waals surface area (Å²) in [5.41, 5.74) is 4.01. The Morgan fingerprint density at radius 2 is 2.04 bits per heavy atom. The summed E-state index contributed by atoms with van der Waals surface area (Å²) in [7, 11) is 0. The number of imidazole rings is 1. The lowest BCUT2D eigenvalue weighted by atomic mass is 9.92. The first-order chi connectivity index (χ1) is 12.9. The van der Waals surface area contributed by atoms with Gasteiger partial charge in [0.2, 0.25) is 0 Å². The number of aryl methyl sites for hydroxylation is 2. The fourth-order valence-corrected chi connectivity index (χ4v) is 3.74. The quantitative estimate of drug-likeness (QED) is 0.768. The Hall–Kier alpha value is -2.77. The highest BCUT2D eigenvalue weighted by Crippen LogP contribution is 2.29. The third kappa shape index (κ3) is 3.56. The van der Waals surface area contributed by atoms with Gasteiger partial charge in [-0.2, -0.15) is 0 Å². The number of alkyl carbamates (subject to hydrolysis) is 1. The first-order valence-electron chi connectivity index (χ1n) is 9.40. The molecule has 0 aliphatic carbocycles. The predicted octanol–water partition coefficient (Wildman–Crippen LogP) is 2.01. The minimum Gasteiger partial charge on any atom is -0.441 e. The lowest BCUT2D eigenvalue weighted by Gasteiger charge is -2.37. The molecule has 0 atom stereocenters. The molecule has 27 heavy (non-hydrogen) atoms. The third-order valence-corrected chi connectivity index (χ3v) is 5.61. The number of nitrogens with one attached hydrogen (secondary N) is 3. The van der Waals surface area contributed by atoms with Crippen LogP contribution in [0.2, 0.25) is 0 Å². The number of carbonyl (C=O) groups is 2. The summed E-state index contributed by atoms with van der Waals surface area (Å²) in [6.07, 6.45) is 1.63.